The average molecular weight is 307 g/mol. The van der Waals surface area contributed by atoms with Gasteiger partial charge in [0.2, 0.25) is 5.91 Å². The van der Waals surface area contributed by atoms with Gasteiger partial charge in [-0.25, -0.2) is 4.79 Å². The molecule has 6 heteroatoms. The van der Waals surface area contributed by atoms with Gasteiger partial charge in [-0.05, 0) is 45.5 Å². The van der Waals surface area contributed by atoms with Gasteiger partial charge in [-0.1, -0.05) is 12.1 Å². The Kier molecular flexibility index (Phi) is 7.39. The van der Waals surface area contributed by atoms with Crippen molar-refractivity contribution in [3.05, 3.63) is 29.8 Å². The number of nitrogens with one attached hydrogen (secondary N) is 2. The first kappa shape index (κ1) is 18.0. The minimum atomic E-state index is -0.463. The van der Waals surface area contributed by atoms with E-state index >= 15 is 0 Å². The molecule has 1 rings (SSSR count). The second kappa shape index (κ2) is 9.04. The highest BCUT2D eigenvalue weighted by Gasteiger charge is 2.11. The van der Waals surface area contributed by atoms with Gasteiger partial charge >= 0.3 is 6.03 Å². The molecule has 22 heavy (non-hydrogen) atoms. The number of hydrogen-bond acceptors (Lipinski definition) is 4. The third-order valence-electron chi connectivity index (χ3n) is 2.77. The second-order valence-corrected chi connectivity index (χ2v) is 5.43. The first-order valence-corrected chi connectivity index (χ1v) is 7.41. The van der Waals surface area contributed by atoms with Crippen LogP contribution in [-0.4, -0.2) is 43.1 Å². The Hall–Kier alpha value is -2.08. The Balaban J connectivity index is 2.40. The number of carbonyl (C=O) groups is 2. The van der Waals surface area contributed by atoms with Crippen LogP contribution >= 0.6 is 0 Å². The molecule has 0 aliphatic rings. The average Bonchev–Trinajstić information content (AvgIpc) is 2.39. The summed E-state index contributed by atoms with van der Waals surface area (Å²) in [4.78, 5) is 25.0. The third kappa shape index (κ3) is 7.08. The van der Waals surface area contributed by atoms with Crippen LogP contribution in [0.15, 0.2) is 24.3 Å². The van der Waals surface area contributed by atoms with Crippen LogP contribution in [0.2, 0.25) is 0 Å². The van der Waals surface area contributed by atoms with Crippen molar-refractivity contribution in [2.24, 2.45) is 0 Å². The maximum Gasteiger partial charge on any atom is 0.321 e. The Labute approximate surface area is 131 Å². The van der Waals surface area contributed by atoms with E-state index in [2.05, 4.69) is 10.6 Å². The third-order valence-corrected chi connectivity index (χ3v) is 2.77. The monoisotopic (exact) mass is 307 g/mol. The summed E-state index contributed by atoms with van der Waals surface area (Å²) >= 11 is 0. The lowest BCUT2D eigenvalue weighted by Gasteiger charge is -2.17. The number of hydrogen-bond donors (Lipinski definition) is 2. The number of benzene rings is 1. The molecular weight excluding hydrogens is 282 g/mol. The van der Waals surface area contributed by atoms with Crippen LogP contribution in [0.5, 0.6) is 5.75 Å². The standard InChI is InChI=1S/C16H25N3O3/c1-5-22-14-8-6-13(7-9-14)10-19(4)11-15(20)18-16(21)17-12(2)3/h6-9,12H,5,10-11H2,1-4H3,(H2,17,18,20,21). The molecule has 0 aliphatic carbocycles. The molecule has 0 atom stereocenters. The largest absolute Gasteiger partial charge is 0.494 e. The summed E-state index contributed by atoms with van der Waals surface area (Å²) < 4.78 is 5.38. The number of imide groups is 1. The molecular formula is C16H25N3O3. The molecule has 0 heterocycles. The Morgan fingerprint density at radius 2 is 1.86 bits per heavy atom. The van der Waals surface area contributed by atoms with Gasteiger partial charge < -0.3 is 10.1 Å². The first-order chi connectivity index (χ1) is 10.4. The molecule has 0 spiro atoms. The van der Waals surface area contributed by atoms with Crippen molar-refractivity contribution in [3.63, 3.8) is 0 Å². The molecule has 122 valence electrons. The van der Waals surface area contributed by atoms with Gasteiger partial charge in [-0.3, -0.25) is 15.0 Å². The van der Waals surface area contributed by atoms with Gasteiger partial charge in [0.15, 0.2) is 0 Å². The van der Waals surface area contributed by atoms with Crippen molar-refractivity contribution >= 4 is 11.9 Å². The number of ether oxygens (including phenoxy) is 1. The first-order valence-electron chi connectivity index (χ1n) is 7.41. The minimum absolute atomic E-state index is 0.00520. The fraction of sp³-hybridized carbons (Fsp3) is 0.500. The highest BCUT2D eigenvalue weighted by atomic mass is 16.5. The van der Waals surface area contributed by atoms with Crippen LogP contribution in [0.3, 0.4) is 0 Å². The molecule has 0 bridgehead atoms. The number of amides is 3. The Morgan fingerprint density at radius 1 is 1.23 bits per heavy atom. The summed E-state index contributed by atoms with van der Waals surface area (Å²) in [5, 5.41) is 4.91. The van der Waals surface area contributed by atoms with E-state index in [1.165, 1.54) is 0 Å². The molecule has 0 fully saturated rings. The van der Waals surface area contributed by atoms with Crippen molar-refractivity contribution in [3.8, 4) is 5.75 Å². The van der Waals surface area contributed by atoms with Gasteiger partial charge in [-0.2, -0.15) is 0 Å². The van der Waals surface area contributed by atoms with E-state index in [0.29, 0.717) is 13.2 Å². The van der Waals surface area contributed by atoms with Gasteiger partial charge in [-0.15, -0.1) is 0 Å². The predicted molar refractivity (Wildman–Crippen MR) is 85.8 cm³/mol. The van der Waals surface area contributed by atoms with E-state index in [4.69, 9.17) is 4.74 Å². The van der Waals surface area contributed by atoms with Crippen molar-refractivity contribution < 1.29 is 14.3 Å². The van der Waals surface area contributed by atoms with Gasteiger partial charge in [0.1, 0.15) is 5.75 Å². The molecule has 2 N–H and O–H groups in total. The van der Waals surface area contributed by atoms with Crippen LogP contribution in [0.25, 0.3) is 0 Å². The van der Waals surface area contributed by atoms with Crippen LogP contribution in [0, 0.1) is 0 Å². The summed E-state index contributed by atoms with van der Waals surface area (Å²) in [6, 6.07) is 7.27. The molecule has 0 saturated carbocycles. The maximum atomic E-state index is 11.7. The fourth-order valence-corrected chi connectivity index (χ4v) is 1.93. The number of urea groups is 1. The summed E-state index contributed by atoms with van der Waals surface area (Å²) in [7, 11) is 1.83. The van der Waals surface area contributed by atoms with Gasteiger partial charge in [0.05, 0.1) is 13.2 Å². The molecule has 3 amide bonds. The lowest BCUT2D eigenvalue weighted by atomic mass is 10.2. The van der Waals surface area contributed by atoms with E-state index < -0.39 is 6.03 Å². The van der Waals surface area contributed by atoms with E-state index in [1.807, 2.05) is 57.0 Å². The molecule has 1 aromatic rings. The summed E-state index contributed by atoms with van der Waals surface area (Å²) in [5.74, 6) is 0.503. The Morgan fingerprint density at radius 3 is 2.41 bits per heavy atom. The van der Waals surface area contributed by atoms with E-state index in [1.54, 1.807) is 0 Å². The summed E-state index contributed by atoms with van der Waals surface area (Å²) in [5.41, 5.74) is 1.07. The lowest BCUT2D eigenvalue weighted by molar-refractivity contribution is -0.120. The maximum absolute atomic E-state index is 11.7. The van der Waals surface area contributed by atoms with Crippen LogP contribution in [0.4, 0.5) is 4.79 Å². The number of rotatable bonds is 7. The van der Waals surface area contributed by atoms with E-state index in [9.17, 15) is 9.59 Å². The zero-order valence-corrected chi connectivity index (χ0v) is 13.7. The van der Waals surface area contributed by atoms with Crippen LogP contribution in [-0.2, 0) is 11.3 Å². The van der Waals surface area contributed by atoms with E-state index in [-0.39, 0.29) is 18.5 Å². The molecule has 0 aromatic heterocycles. The highest BCUT2D eigenvalue weighted by molar-refractivity contribution is 5.95. The van der Waals surface area contributed by atoms with Gasteiger partial charge in [0.25, 0.3) is 0 Å². The van der Waals surface area contributed by atoms with Gasteiger partial charge in [0, 0.05) is 12.6 Å². The van der Waals surface area contributed by atoms with Crippen LogP contribution < -0.4 is 15.4 Å². The second-order valence-electron chi connectivity index (χ2n) is 5.43. The molecule has 1 aromatic carbocycles. The van der Waals surface area contributed by atoms with Crippen molar-refractivity contribution in [2.45, 2.75) is 33.4 Å². The fourth-order valence-electron chi connectivity index (χ4n) is 1.93. The van der Waals surface area contributed by atoms with Crippen molar-refractivity contribution in [1.29, 1.82) is 0 Å². The zero-order valence-electron chi connectivity index (χ0n) is 13.7. The quantitative estimate of drug-likeness (QED) is 0.805. The molecule has 0 aliphatic heterocycles. The SMILES string of the molecule is CCOc1ccc(CN(C)CC(=O)NC(=O)NC(C)C)cc1. The molecule has 0 radical (unpaired) electrons. The predicted octanol–water partition coefficient (Wildman–Crippen LogP) is 1.75. The Bertz CT molecular complexity index is 486. The number of carbonyl (C=O) groups excluding carboxylic acids is 2. The number of likely N-dealkylation sites (N-methyl/N-ethyl adjacent to an activating group) is 1. The normalized spacial score (nSPS) is 10.6. The minimum Gasteiger partial charge on any atom is -0.494 e. The highest BCUT2D eigenvalue weighted by Crippen LogP contribution is 2.13. The smallest absolute Gasteiger partial charge is 0.321 e. The zero-order chi connectivity index (χ0) is 16.5. The van der Waals surface area contributed by atoms with Crippen molar-refractivity contribution in [2.75, 3.05) is 20.2 Å². The summed E-state index contributed by atoms with van der Waals surface area (Å²) in [6.45, 7) is 7.02. The summed E-state index contributed by atoms with van der Waals surface area (Å²) in [6.07, 6.45) is 0. The molecule has 0 unspecified atom stereocenters. The molecule has 6 nitrogen and oxygen atoms in total. The topological polar surface area (TPSA) is 70.7 Å². The molecule has 0 saturated heterocycles. The number of nitrogens with zero attached hydrogens (tertiary/aromatic N) is 1. The van der Waals surface area contributed by atoms with Crippen LogP contribution in [0.1, 0.15) is 26.3 Å². The van der Waals surface area contributed by atoms with E-state index in [0.717, 1.165) is 11.3 Å². The van der Waals surface area contributed by atoms with Crippen molar-refractivity contribution in [1.82, 2.24) is 15.5 Å². The lowest BCUT2D eigenvalue weighted by Crippen LogP contribution is -2.45.